The van der Waals surface area contributed by atoms with E-state index in [0.717, 1.165) is 16.3 Å². The minimum absolute atomic E-state index is 0.132. The molecule has 7 heteroatoms. The third-order valence-corrected chi connectivity index (χ3v) is 3.65. The third kappa shape index (κ3) is 2.90. The van der Waals surface area contributed by atoms with Crippen LogP contribution in [0.15, 0.2) is 48.5 Å². The summed E-state index contributed by atoms with van der Waals surface area (Å²) in [5.74, 6) is 0. The summed E-state index contributed by atoms with van der Waals surface area (Å²) in [5.41, 5.74) is 1.26. The van der Waals surface area contributed by atoms with Crippen molar-refractivity contribution in [2.45, 2.75) is 19.7 Å². The fourth-order valence-electron chi connectivity index (χ4n) is 2.49. The van der Waals surface area contributed by atoms with Gasteiger partial charge in [0.1, 0.15) is 11.4 Å². The number of halogens is 3. The predicted octanol–water partition coefficient (Wildman–Crippen LogP) is 3.75. The molecule has 0 bridgehead atoms. The van der Waals surface area contributed by atoms with Gasteiger partial charge in [-0.15, -0.1) is 5.10 Å². The van der Waals surface area contributed by atoms with Crippen molar-refractivity contribution in [3.63, 3.8) is 0 Å². The monoisotopic (exact) mass is 333 g/mol. The maximum absolute atomic E-state index is 13.3. The van der Waals surface area contributed by atoms with Crippen LogP contribution in [0.1, 0.15) is 16.8 Å². The molecule has 3 rings (SSSR count). The molecule has 0 saturated heterocycles. The van der Waals surface area contributed by atoms with Gasteiger partial charge in [-0.3, -0.25) is 0 Å². The highest BCUT2D eigenvalue weighted by molar-refractivity contribution is 5.65. The van der Waals surface area contributed by atoms with Crippen LogP contribution in [0.3, 0.4) is 0 Å². The minimum atomic E-state index is -4.52. The standard InChI is InChI=1S/C17H14F3N3O/c1-11-6-8-12(9-7-11)16-14(10-24)21-22-23(16)15-5-3-2-4-13(15)17(18,19)20/h2-9,24H,10H2,1H3. The Bertz CT molecular complexity index is 854. The minimum Gasteiger partial charge on any atom is -0.390 e. The van der Waals surface area contributed by atoms with Crippen molar-refractivity contribution in [3.8, 4) is 16.9 Å². The molecular weight excluding hydrogens is 319 g/mol. The van der Waals surface area contributed by atoms with Crippen molar-refractivity contribution in [1.82, 2.24) is 15.0 Å². The lowest BCUT2D eigenvalue weighted by atomic mass is 10.1. The quantitative estimate of drug-likeness (QED) is 0.794. The van der Waals surface area contributed by atoms with Crippen molar-refractivity contribution in [1.29, 1.82) is 0 Å². The van der Waals surface area contributed by atoms with Gasteiger partial charge in [-0.1, -0.05) is 47.2 Å². The van der Waals surface area contributed by atoms with Crippen molar-refractivity contribution in [2.75, 3.05) is 0 Å². The summed E-state index contributed by atoms with van der Waals surface area (Å²) in [7, 11) is 0. The largest absolute Gasteiger partial charge is 0.418 e. The van der Waals surface area contributed by atoms with Crippen molar-refractivity contribution >= 4 is 0 Å². The number of nitrogens with zero attached hydrogens (tertiary/aromatic N) is 3. The summed E-state index contributed by atoms with van der Waals surface area (Å²) in [4.78, 5) is 0. The summed E-state index contributed by atoms with van der Waals surface area (Å²) < 4.78 is 41.0. The molecule has 0 unspecified atom stereocenters. The van der Waals surface area contributed by atoms with E-state index in [-0.39, 0.29) is 11.4 Å². The molecular formula is C17H14F3N3O. The predicted molar refractivity (Wildman–Crippen MR) is 82.5 cm³/mol. The number of aliphatic hydroxyl groups excluding tert-OH is 1. The van der Waals surface area contributed by atoms with E-state index >= 15 is 0 Å². The van der Waals surface area contributed by atoms with Crippen LogP contribution in [0.2, 0.25) is 0 Å². The fraction of sp³-hybridized carbons (Fsp3) is 0.176. The average Bonchev–Trinajstić information content (AvgIpc) is 2.98. The highest BCUT2D eigenvalue weighted by Crippen LogP contribution is 2.35. The Morgan fingerprint density at radius 1 is 1.04 bits per heavy atom. The summed E-state index contributed by atoms with van der Waals surface area (Å²) in [5, 5.41) is 17.2. The number of alkyl halides is 3. The van der Waals surface area contributed by atoms with E-state index in [9.17, 15) is 18.3 Å². The zero-order valence-corrected chi connectivity index (χ0v) is 12.7. The Kier molecular flexibility index (Phi) is 4.11. The van der Waals surface area contributed by atoms with Gasteiger partial charge in [0.05, 0.1) is 17.9 Å². The Labute approximate surface area is 136 Å². The molecule has 1 N–H and O–H groups in total. The molecule has 0 aliphatic carbocycles. The lowest BCUT2D eigenvalue weighted by Gasteiger charge is -2.14. The zero-order chi connectivity index (χ0) is 17.3. The van der Waals surface area contributed by atoms with E-state index in [2.05, 4.69) is 10.3 Å². The van der Waals surface area contributed by atoms with Crippen LogP contribution < -0.4 is 0 Å². The summed E-state index contributed by atoms with van der Waals surface area (Å²) >= 11 is 0. The number of aryl methyl sites for hydroxylation is 1. The van der Waals surface area contributed by atoms with Crippen molar-refractivity contribution in [3.05, 3.63) is 65.4 Å². The number of hydrogen-bond donors (Lipinski definition) is 1. The molecule has 0 fully saturated rings. The Hall–Kier alpha value is -2.67. The SMILES string of the molecule is Cc1ccc(-c2c(CO)nnn2-c2ccccc2C(F)(F)F)cc1. The number of aromatic nitrogens is 3. The Morgan fingerprint density at radius 3 is 2.33 bits per heavy atom. The molecule has 0 saturated carbocycles. The van der Waals surface area contributed by atoms with Gasteiger partial charge in [0.25, 0.3) is 0 Å². The molecule has 0 aliphatic heterocycles. The van der Waals surface area contributed by atoms with Crippen LogP contribution in [0.4, 0.5) is 13.2 Å². The first kappa shape index (κ1) is 16.2. The second-order valence-corrected chi connectivity index (χ2v) is 5.34. The molecule has 124 valence electrons. The van der Waals surface area contributed by atoms with Gasteiger partial charge in [-0.2, -0.15) is 13.2 Å². The van der Waals surface area contributed by atoms with Crippen LogP contribution in [-0.2, 0) is 12.8 Å². The molecule has 24 heavy (non-hydrogen) atoms. The van der Waals surface area contributed by atoms with Gasteiger partial charge in [0.2, 0.25) is 0 Å². The third-order valence-electron chi connectivity index (χ3n) is 3.65. The molecule has 0 amide bonds. The van der Waals surface area contributed by atoms with E-state index in [1.165, 1.54) is 18.2 Å². The van der Waals surface area contributed by atoms with E-state index < -0.39 is 18.3 Å². The molecule has 2 aromatic carbocycles. The first-order valence-corrected chi connectivity index (χ1v) is 7.21. The van der Waals surface area contributed by atoms with Crippen LogP contribution in [-0.4, -0.2) is 20.1 Å². The maximum atomic E-state index is 13.3. The molecule has 0 spiro atoms. The summed E-state index contributed by atoms with van der Waals surface area (Å²) in [6.45, 7) is 1.49. The normalized spacial score (nSPS) is 11.7. The van der Waals surface area contributed by atoms with Crippen molar-refractivity contribution < 1.29 is 18.3 Å². The molecule has 1 heterocycles. The van der Waals surface area contributed by atoms with Gasteiger partial charge in [-0.05, 0) is 19.1 Å². The number of benzene rings is 2. The Morgan fingerprint density at radius 2 is 1.71 bits per heavy atom. The highest BCUT2D eigenvalue weighted by Gasteiger charge is 2.34. The van der Waals surface area contributed by atoms with Gasteiger partial charge < -0.3 is 5.11 Å². The highest BCUT2D eigenvalue weighted by atomic mass is 19.4. The topological polar surface area (TPSA) is 50.9 Å². The molecule has 3 aromatic rings. The van der Waals surface area contributed by atoms with E-state index in [1.807, 2.05) is 19.1 Å². The molecule has 1 aromatic heterocycles. The zero-order valence-electron chi connectivity index (χ0n) is 12.7. The van der Waals surface area contributed by atoms with E-state index in [4.69, 9.17) is 0 Å². The summed E-state index contributed by atoms with van der Waals surface area (Å²) in [6, 6.07) is 12.4. The lowest BCUT2D eigenvalue weighted by molar-refractivity contribution is -0.137. The van der Waals surface area contributed by atoms with Gasteiger partial charge in [-0.25, -0.2) is 4.68 Å². The number of para-hydroxylation sites is 1. The second-order valence-electron chi connectivity index (χ2n) is 5.34. The molecule has 0 atom stereocenters. The number of rotatable bonds is 3. The first-order valence-electron chi connectivity index (χ1n) is 7.21. The second kappa shape index (κ2) is 6.09. The first-order chi connectivity index (χ1) is 11.4. The maximum Gasteiger partial charge on any atom is 0.418 e. The van der Waals surface area contributed by atoms with Crippen molar-refractivity contribution in [2.24, 2.45) is 0 Å². The van der Waals surface area contributed by atoms with Gasteiger partial charge >= 0.3 is 6.18 Å². The lowest BCUT2D eigenvalue weighted by Crippen LogP contribution is -2.12. The number of hydrogen-bond acceptors (Lipinski definition) is 3. The van der Waals surface area contributed by atoms with Gasteiger partial charge in [0.15, 0.2) is 0 Å². The Balaban J connectivity index is 2.25. The fourth-order valence-corrected chi connectivity index (χ4v) is 2.49. The van der Waals surface area contributed by atoms with Gasteiger partial charge in [0, 0.05) is 5.56 Å². The summed E-state index contributed by atoms with van der Waals surface area (Å²) in [6.07, 6.45) is -4.52. The number of aliphatic hydroxyl groups is 1. The smallest absolute Gasteiger partial charge is 0.390 e. The van der Waals surface area contributed by atoms with Crippen LogP contribution >= 0.6 is 0 Å². The molecule has 4 nitrogen and oxygen atoms in total. The van der Waals surface area contributed by atoms with E-state index in [0.29, 0.717) is 11.3 Å². The van der Waals surface area contributed by atoms with Crippen LogP contribution in [0.25, 0.3) is 16.9 Å². The van der Waals surface area contributed by atoms with Crippen LogP contribution in [0.5, 0.6) is 0 Å². The molecule has 0 radical (unpaired) electrons. The molecule has 0 aliphatic rings. The average molecular weight is 333 g/mol. The van der Waals surface area contributed by atoms with E-state index in [1.54, 1.807) is 12.1 Å². The van der Waals surface area contributed by atoms with Crippen LogP contribution in [0, 0.1) is 6.92 Å².